The van der Waals surface area contributed by atoms with E-state index in [1.54, 1.807) is 24.3 Å². The van der Waals surface area contributed by atoms with Crippen molar-refractivity contribution in [2.24, 2.45) is 0 Å². The van der Waals surface area contributed by atoms with Crippen LogP contribution in [0.25, 0.3) is 11.1 Å². The molecule has 0 spiro atoms. The molecular weight excluding hydrogens is 593 g/mol. The van der Waals surface area contributed by atoms with Crippen LogP contribution in [0, 0.1) is 27.6 Å². The molecule has 0 aliphatic carbocycles. The molecule has 4 aromatic rings. The molecular formula is C33H27F3N2O7. The summed E-state index contributed by atoms with van der Waals surface area (Å²) in [6.45, 7) is 1.85. The molecule has 1 amide bonds. The summed E-state index contributed by atoms with van der Waals surface area (Å²) in [5.74, 6) is -1.78. The number of non-ortho nitro benzene ring substituents is 1. The van der Waals surface area contributed by atoms with E-state index in [2.05, 4.69) is 0 Å². The Bertz CT molecular complexity index is 1700. The van der Waals surface area contributed by atoms with Crippen molar-refractivity contribution in [2.45, 2.75) is 31.4 Å². The first-order chi connectivity index (χ1) is 21.5. The van der Waals surface area contributed by atoms with Gasteiger partial charge in [0, 0.05) is 43.1 Å². The standard InChI is InChI=1S/C33H27F3N2O7/c1-21(22-2-4-23(5-3-22)29-15-10-26(35)20-30(29)36)37-18-16-33(45-31(37)39,24-6-8-25(34)9-7-24)17-19-43-32(40)44-28-13-11-27(12-14-28)38(41)42/h2-15,20-21H,16-19H2,1H3/t21-,33-/m0/s1. The van der Waals surface area contributed by atoms with Gasteiger partial charge in [0.05, 0.1) is 17.6 Å². The topological polar surface area (TPSA) is 108 Å². The monoisotopic (exact) mass is 620 g/mol. The maximum Gasteiger partial charge on any atom is 0.513 e. The van der Waals surface area contributed by atoms with Crippen LogP contribution in [0.2, 0.25) is 0 Å². The van der Waals surface area contributed by atoms with Crippen LogP contribution in [0.15, 0.2) is 91.0 Å². The average molecular weight is 621 g/mol. The first-order valence-corrected chi connectivity index (χ1v) is 13.9. The van der Waals surface area contributed by atoms with E-state index in [4.69, 9.17) is 14.2 Å². The molecule has 0 bridgehead atoms. The number of benzene rings is 4. The van der Waals surface area contributed by atoms with Crippen molar-refractivity contribution in [3.05, 3.63) is 130 Å². The number of cyclic esters (lactones) is 1. The molecule has 1 aliphatic heterocycles. The Hall–Kier alpha value is -5.39. The molecule has 0 N–H and O–H groups in total. The number of ether oxygens (including phenoxy) is 3. The van der Waals surface area contributed by atoms with Crippen molar-refractivity contribution in [1.29, 1.82) is 0 Å². The molecule has 4 aromatic carbocycles. The van der Waals surface area contributed by atoms with Crippen molar-refractivity contribution >= 4 is 17.9 Å². The summed E-state index contributed by atoms with van der Waals surface area (Å²) in [6, 6.07) is 20.2. The number of carbonyl (C=O) groups excluding carboxylic acids is 2. The minimum atomic E-state index is -1.24. The van der Waals surface area contributed by atoms with Crippen LogP contribution < -0.4 is 4.74 Å². The maximum atomic E-state index is 14.3. The van der Waals surface area contributed by atoms with Crippen molar-refractivity contribution in [1.82, 2.24) is 4.90 Å². The molecule has 0 unspecified atom stereocenters. The SMILES string of the molecule is C[C@@H](c1ccc(-c2ccc(F)cc2F)cc1)N1CC[C@](CCOC(=O)Oc2ccc([N+](=O)[O-])cc2)(c2ccc(F)cc2)OC1=O. The summed E-state index contributed by atoms with van der Waals surface area (Å²) >= 11 is 0. The summed E-state index contributed by atoms with van der Waals surface area (Å²) in [5.41, 5.74) is 0.658. The van der Waals surface area contributed by atoms with Crippen molar-refractivity contribution in [3.63, 3.8) is 0 Å². The minimum Gasteiger partial charge on any atom is -0.438 e. The summed E-state index contributed by atoms with van der Waals surface area (Å²) in [4.78, 5) is 37.5. The normalized spacial score (nSPS) is 16.9. The van der Waals surface area contributed by atoms with E-state index < -0.39 is 46.3 Å². The van der Waals surface area contributed by atoms with Gasteiger partial charge in [0.15, 0.2) is 0 Å². The van der Waals surface area contributed by atoms with Gasteiger partial charge in [-0.15, -0.1) is 0 Å². The van der Waals surface area contributed by atoms with Crippen molar-refractivity contribution < 1.29 is 41.9 Å². The zero-order chi connectivity index (χ0) is 32.1. The lowest BCUT2D eigenvalue weighted by Crippen LogP contribution is -2.49. The zero-order valence-corrected chi connectivity index (χ0v) is 24.0. The molecule has 2 atom stereocenters. The largest absolute Gasteiger partial charge is 0.513 e. The van der Waals surface area contributed by atoms with Crippen LogP contribution in [0.4, 0.5) is 28.4 Å². The number of halogens is 3. The fraction of sp³-hybridized carbons (Fsp3) is 0.212. The number of hydrogen-bond donors (Lipinski definition) is 0. The highest BCUT2D eigenvalue weighted by Crippen LogP contribution is 2.40. The van der Waals surface area contributed by atoms with E-state index in [0.717, 1.165) is 11.6 Å². The van der Waals surface area contributed by atoms with Crippen LogP contribution in [-0.2, 0) is 15.1 Å². The maximum absolute atomic E-state index is 14.3. The van der Waals surface area contributed by atoms with Crippen molar-refractivity contribution in [2.75, 3.05) is 13.2 Å². The van der Waals surface area contributed by atoms with E-state index in [0.29, 0.717) is 11.1 Å². The van der Waals surface area contributed by atoms with Gasteiger partial charge >= 0.3 is 12.2 Å². The molecule has 1 saturated heterocycles. The molecule has 45 heavy (non-hydrogen) atoms. The van der Waals surface area contributed by atoms with Crippen LogP contribution >= 0.6 is 0 Å². The molecule has 1 aliphatic rings. The van der Waals surface area contributed by atoms with Crippen LogP contribution in [0.3, 0.4) is 0 Å². The van der Waals surface area contributed by atoms with Crippen LogP contribution in [0.5, 0.6) is 5.75 Å². The molecule has 1 heterocycles. The molecule has 232 valence electrons. The summed E-state index contributed by atoms with van der Waals surface area (Å²) in [6.07, 6.45) is -1.37. The van der Waals surface area contributed by atoms with Gasteiger partial charge in [-0.25, -0.2) is 22.8 Å². The van der Waals surface area contributed by atoms with E-state index in [9.17, 15) is 32.9 Å². The van der Waals surface area contributed by atoms with Gasteiger partial charge in [0.2, 0.25) is 0 Å². The second kappa shape index (κ2) is 13.1. The summed E-state index contributed by atoms with van der Waals surface area (Å²) < 4.78 is 57.6. The Morgan fingerprint density at radius 3 is 2.27 bits per heavy atom. The predicted molar refractivity (Wildman–Crippen MR) is 156 cm³/mol. The fourth-order valence-corrected chi connectivity index (χ4v) is 5.20. The Labute approximate surface area is 255 Å². The third-order valence-corrected chi connectivity index (χ3v) is 7.72. The highest BCUT2D eigenvalue weighted by atomic mass is 19.1. The van der Waals surface area contributed by atoms with E-state index >= 15 is 0 Å². The summed E-state index contributed by atoms with van der Waals surface area (Å²) in [5, 5.41) is 10.8. The number of rotatable bonds is 9. The van der Waals surface area contributed by atoms with E-state index in [1.165, 1.54) is 65.6 Å². The fourth-order valence-electron chi connectivity index (χ4n) is 5.20. The number of nitrogens with zero attached hydrogens (tertiary/aromatic N) is 2. The lowest BCUT2D eigenvalue weighted by atomic mass is 9.85. The van der Waals surface area contributed by atoms with Gasteiger partial charge in [-0.1, -0.05) is 36.4 Å². The lowest BCUT2D eigenvalue weighted by Gasteiger charge is -2.43. The lowest BCUT2D eigenvalue weighted by molar-refractivity contribution is -0.384. The molecule has 0 aromatic heterocycles. The number of nitro benzene ring substituents is 1. The second-order valence-electron chi connectivity index (χ2n) is 10.4. The van der Waals surface area contributed by atoms with E-state index in [1.807, 2.05) is 6.92 Å². The zero-order valence-electron chi connectivity index (χ0n) is 24.0. The van der Waals surface area contributed by atoms with Gasteiger partial charge in [-0.2, -0.15) is 0 Å². The van der Waals surface area contributed by atoms with Gasteiger partial charge in [0.1, 0.15) is 28.8 Å². The summed E-state index contributed by atoms with van der Waals surface area (Å²) in [7, 11) is 0. The molecule has 12 heteroatoms. The number of amides is 1. The van der Waals surface area contributed by atoms with Crippen molar-refractivity contribution in [3.8, 4) is 16.9 Å². The smallest absolute Gasteiger partial charge is 0.438 e. The number of carbonyl (C=O) groups is 2. The first-order valence-electron chi connectivity index (χ1n) is 13.9. The quantitative estimate of drug-likeness (QED) is 0.0806. The second-order valence-corrected chi connectivity index (χ2v) is 10.4. The highest BCUT2D eigenvalue weighted by Gasteiger charge is 2.43. The average Bonchev–Trinajstić information content (AvgIpc) is 3.01. The van der Waals surface area contributed by atoms with Crippen LogP contribution in [0.1, 0.15) is 36.9 Å². The Balaban J connectivity index is 1.26. The third kappa shape index (κ3) is 7.06. The Morgan fingerprint density at radius 2 is 1.64 bits per heavy atom. The third-order valence-electron chi connectivity index (χ3n) is 7.72. The Morgan fingerprint density at radius 1 is 0.978 bits per heavy atom. The number of nitro groups is 1. The first kappa shape index (κ1) is 31.0. The minimum absolute atomic E-state index is 0.0416. The molecule has 1 fully saturated rings. The van der Waals surface area contributed by atoms with Gasteiger partial charge < -0.3 is 19.1 Å². The molecule has 5 rings (SSSR count). The van der Waals surface area contributed by atoms with Gasteiger partial charge in [0.25, 0.3) is 5.69 Å². The molecule has 0 radical (unpaired) electrons. The van der Waals surface area contributed by atoms with Gasteiger partial charge in [-0.3, -0.25) is 10.1 Å². The number of hydrogen-bond acceptors (Lipinski definition) is 7. The predicted octanol–water partition coefficient (Wildman–Crippen LogP) is 8.08. The Kier molecular flexibility index (Phi) is 9.03. The van der Waals surface area contributed by atoms with Crippen LogP contribution in [-0.4, -0.2) is 35.2 Å². The van der Waals surface area contributed by atoms with E-state index in [-0.39, 0.29) is 43.0 Å². The highest BCUT2D eigenvalue weighted by molar-refractivity contribution is 5.71. The van der Waals surface area contributed by atoms with Gasteiger partial charge in [-0.05, 0) is 60.0 Å². The molecule has 0 saturated carbocycles. The molecule has 9 nitrogen and oxygen atoms in total.